The number of carbonyl (C=O) groups is 2. The van der Waals surface area contributed by atoms with Crippen LogP contribution in [0.2, 0.25) is 0 Å². The van der Waals surface area contributed by atoms with E-state index >= 15 is 0 Å². The fourth-order valence-corrected chi connectivity index (χ4v) is 3.01. The lowest BCUT2D eigenvalue weighted by Crippen LogP contribution is -2.50. The molecule has 0 aromatic carbocycles. The number of imidazole rings is 1. The van der Waals surface area contributed by atoms with E-state index in [1.54, 1.807) is 0 Å². The van der Waals surface area contributed by atoms with Gasteiger partial charge in [-0.25, -0.2) is 15.0 Å². The van der Waals surface area contributed by atoms with E-state index in [1.165, 1.54) is 17.8 Å². The van der Waals surface area contributed by atoms with Gasteiger partial charge in [-0.2, -0.15) is 0 Å². The molecule has 3 heterocycles. The molecule has 14 heteroatoms. The van der Waals surface area contributed by atoms with Gasteiger partial charge in [-0.3, -0.25) is 19.1 Å². The molecule has 164 valence electrons. The van der Waals surface area contributed by atoms with E-state index in [0.717, 1.165) is 7.05 Å². The Morgan fingerprint density at radius 1 is 1.33 bits per heavy atom. The summed E-state index contributed by atoms with van der Waals surface area (Å²) in [4.78, 5) is 37.6. The smallest absolute Gasteiger partial charge is 0.298 e. The number of aliphatic hydroxyl groups is 4. The zero-order chi connectivity index (χ0) is 22.3. The third-order valence-electron chi connectivity index (χ3n) is 4.87. The number of nitrogens with two attached hydrogens (primary N) is 2. The Morgan fingerprint density at radius 2 is 2.00 bits per heavy atom. The number of imide groups is 1. The van der Waals surface area contributed by atoms with Crippen LogP contribution in [0.15, 0.2) is 6.33 Å². The highest BCUT2D eigenvalue weighted by molar-refractivity contribution is 6.05. The van der Waals surface area contributed by atoms with Crippen molar-refractivity contribution < 1.29 is 34.8 Å². The molecule has 1 fully saturated rings. The molecule has 6 atom stereocenters. The van der Waals surface area contributed by atoms with Gasteiger partial charge in [0.1, 0.15) is 29.9 Å². The van der Waals surface area contributed by atoms with E-state index in [9.17, 15) is 30.0 Å². The van der Waals surface area contributed by atoms with Crippen LogP contribution in [0.25, 0.3) is 11.2 Å². The van der Waals surface area contributed by atoms with Crippen LogP contribution in [0.3, 0.4) is 0 Å². The van der Waals surface area contributed by atoms with Gasteiger partial charge in [0.15, 0.2) is 17.7 Å². The average Bonchev–Trinajstić information content (AvgIpc) is 3.27. The number of carbonyl (C=O) groups excluding carboxylic acids is 2. The maximum atomic E-state index is 12.7. The zero-order valence-electron chi connectivity index (χ0n) is 16.2. The fourth-order valence-electron chi connectivity index (χ4n) is 3.01. The largest absolute Gasteiger partial charge is 0.394 e. The van der Waals surface area contributed by atoms with Gasteiger partial charge >= 0.3 is 0 Å². The van der Waals surface area contributed by atoms with E-state index in [2.05, 4.69) is 15.0 Å². The minimum atomic E-state index is -1.41. The summed E-state index contributed by atoms with van der Waals surface area (Å²) in [5, 5.41) is 39.0. The SMILES string of the molecule is C[C@@H](O)[C@H](N)C(=O)N(C)C(=O)c1nc(N)c2ncn([C@@H]3O[C@H](CO)C(O)C3O)c2n1. The Hall–Kier alpha value is -2.75. The number of fused-ring (bicyclic) bond motifs is 1. The first-order chi connectivity index (χ1) is 14.1. The van der Waals surface area contributed by atoms with Crippen LogP contribution in [-0.4, -0.2) is 101 Å². The number of nitrogens with zero attached hydrogens (tertiary/aromatic N) is 5. The summed E-state index contributed by atoms with van der Waals surface area (Å²) < 4.78 is 6.68. The van der Waals surface area contributed by atoms with Gasteiger partial charge in [-0.1, -0.05) is 0 Å². The second-order valence-electron chi connectivity index (χ2n) is 6.95. The van der Waals surface area contributed by atoms with Crippen molar-refractivity contribution in [2.24, 2.45) is 5.73 Å². The Bertz CT molecular complexity index is 965. The molecule has 1 saturated heterocycles. The van der Waals surface area contributed by atoms with Crippen molar-refractivity contribution in [2.75, 3.05) is 19.4 Å². The van der Waals surface area contributed by atoms with Crippen molar-refractivity contribution in [3.8, 4) is 0 Å². The number of ether oxygens (including phenoxy) is 1. The first-order valence-corrected chi connectivity index (χ1v) is 8.96. The van der Waals surface area contributed by atoms with Gasteiger partial charge < -0.3 is 36.6 Å². The van der Waals surface area contributed by atoms with Crippen molar-refractivity contribution in [1.82, 2.24) is 24.4 Å². The molecular weight excluding hydrogens is 402 g/mol. The van der Waals surface area contributed by atoms with E-state index < -0.39 is 60.9 Å². The molecular formula is C16H23N7O7. The summed E-state index contributed by atoms with van der Waals surface area (Å²) in [6.45, 7) is 0.777. The fraction of sp³-hybridized carbons (Fsp3) is 0.562. The molecule has 2 aromatic rings. The number of hydrogen-bond acceptors (Lipinski definition) is 12. The van der Waals surface area contributed by atoms with Crippen LogP contribution in [0, 0.1) is 0 Å². The average molecular weight is 425 g/mol. The summed E-state index contributed by atoms with van der Waals surface area (Å²) in [5.74, 6) is -2.41. The molecule has 14 nitrogen and oxygen atoms in total. The molecule has 0 bridgehead atoms. The van der Waals surface area contributed by atoms with Crippen molar-refractivity contribution in [2.45, 2.75) is 43.6 Å². The lowest BCUT2D eigenvalue weighted by molar-refractivity contribution is -0.131. The molecule has 2 aromatic heterocycles. The summed E-state index contributed by atoms with van der Waals surface area (Å²) in [5.41, 5.74) is 11.5. The zero-order valence-corrected chi connectivity index (χ0v) is 16.2. The van der Waals surface area contributed by atoms with Crippen molar-refractivity contribution >= 4 is 28.8 Å². The summed E-state index contributed by atoms with van der Waals surface area (Å²) >= 11 is 0. The van der Waals surface area contributed by atoms with Crippen LogP contribution in [0.5, 0.6) is 0 Å². The van der Waals surface area contributed by atoms with Crippen LogP contribution < -0.4 is 11.5 Å². The summed E-state index contributed by atoms with van der Waals surface area (Å²) in [6, 6.07) is -1.33. The maximum Gasteiger partial charge on any atom is 0.298 e. The number of likely N-dealkylation sites (N-methyl/N-ethyl adjacent to an activating group) is 1. The highest BCUT2D eigenvalue weighted by Crippen LogP contribution is 2.32. The molecule has 2 amide bonds. The quantitative estimate of drug-likeness (QED) is 0.272. The Morgan fingerprint density at radius 3 is 2.57 bits per heavy atom. The summed E-state index contributed by atoms with van der Waals surface area (Å²) in [6.07, 6.45) is -4.93. The number of aliphatic hydroxyl groups excluding tert-OH is 4. The molecule has 3 rings (SSSR count). The van der Waals surface area contributed by atoms with Crippen LogP contribution >= 0.6 is 0 Å². The van der Waals surface area contributed by atoms with E-state index in [4.69, 9.17) is 16.2 Å². The lowest BCUT2D eigenvalue weighted by atomic mass is 10.1. The highest BCUT2D eigenvalue weighted by Gasteiger charge is 2.44. The predicted molar refractivity (Wildman–Crippen MR) is 99.5 cm³/mol. The number of amides is 2. The van der Waals surface area contributed by atoms with E-state index in [1.807, 2.05) is 0 Å². The highest BCUT2D eigenvalue weighted by atomic mass is 16.6. The van der Waals surface area contributed by atoms with Crippen molar-refractivity contribution in [3.63, 3.8) is 0 Å². The third-order valence-corrected chi connectivity index (χ3v) is 4.87. The predicted octanol–water partition coefficient (Wildman–Crippen LogP) is -3.67. The standard InChI is InChI=1S/C16H23N7O7/c1-5(25)7(17)14(28)22(2)15(29)12-20-11(18)8-13(21-12)23(4-19-8)16-10(27)9(26)6(3-24)30-16/h4-7,9-10,16,24-27H,3,17H2,1-2H3,(H2,18,20,21)/t5-,6-,7+,9?,10?,16-/m1/s1. The molecule has 8 N–H and O–H groups in total. The molecule has 1 aliphatic rings. The van der Waals surface area contributed by atoms with Crippen LogP contribution in [-0.2, 0) is 9.53 Å². The summed E-state index contributed by atoms with van der Waals surface area (Å²) in [7, 11) is 1.15. The third kappa shape index (κ3) is 3.60. The van der Waals surface area contributed by atoms with Crippen LogP contribution in [0.4, 0.5) is 5.82 Å². The lowest BCUT2D eigenvalue weighted by Gasteiger charge is -2.21. The molecule has 0 saturated carbocycles. The van der Waals surface area contributed by atoms with Crippen molar-refractivity contribution in [1.29, 1.82) is 0 Å². The number of aromatic nitrogens is 4. The second-order valence-corrected chi connectivity index (χ2v) is 6.95. The monoisotopic (exact) mass is 425 g/mol. The second kappa shape index (κ2) is 8.17. The number of rotatable bonds is 5. The molecule has 0 aliphatic carbocycles. The van der Waals surface area contributed by atoms with E-state index in [0.29, 0.717) is 4.90 Å². The first kappa shape index (κ1) is 21.9. The van der Waals surface area contributed by atoms with Gasteiger partial charge in [-0.15, -0.1) is 0 Å². The van der Waals surface area contributed by atoms with Gasteiger partial charge in [0.2, 0.25) is 11.7 Å². The molecule has 0 spiro atoms. The van der Waals surface area contributed by atoms with Crippen LogP contribution in [0.1, 0.15) is 23.8 Å². The Balaban J connectivity index is 1.98. The molecule has 30 heavy (non-hydrogen) atoms. The van der Waals surface area contributed by atoms with Gasteiger partial charge in [0.05, 0.1) is 19.0 Å². The van der Waals surface area contributed by atoms with Gasteiger partial charge in [-0.05, 0) is 6.92 Å². The molecule has 1 aliphatic heterocycles. The van der Waals surface area contributed by atoms with Gasteiger partial charge in [0, 0.05) is 7.05 Å². The van der Waals surface area contributed by atoms with E-state index in [-0.39, 0.29) is 17.0 Å². The topological polar surface area (TPSA) is 223 Å². The maximum absolute atomic E-state index is 12.7. The Kier molecular flexibility index (Phi) is 5.98. The molecule has 2 unspecified atom stereocenters. The first-order valence-electron chi connectivity index (χ1n) is 8.96. The number of hydrogen-bond donors (Lipinski definition) is 6. The number of anilines is 1. The minimum Gasteiger partial charge on any atom is -0.394 e. The molecule has 0 radical (unpaired) electrons. The Labute approximate surface area is 169 Å². The van der Waals surface area contributed by atoms with Crippen molar-refractivity contribution in [3.05, 3.63) is 12.2 Å². The van der Waals surface area contributed by atoms with Gasteiger partial charge in [0.25, 0.3) is 5.91 Å². The number of nitrogen functional groups attached to an aromatic ring is 1. The minimum absolute atomic E-state index is 0.00126. The normalized spacial score (nSPS) is 26.0.